The zero-order chi connectivity index (χ0) is 4.41. The molecule has 0 heterocycles. The second kappa shape index (κ2) is 1.62. The fourth-order valence-corrected chi connectivity index (χ4v) is 0.626. The normalized spacial score (nSPS) is 20.2. The third kappa shape index (κ3) is 0.728. The van der Waals surface area contributed by atoms with Crippen molar-refractivity contribution in [2.45, 2.75) is 4.85 Å². The van der Waals surface area contributed by atoms with Crippen LogP contribution in [0, 0.1) is 0 Å². The molecular weight excluding hydrogens is 119 g/mol. The van der Waals surface area contributed by atoms with Crippen molar-refractivity contribution in [2.75, 3.05) is 0 Å². The van der Waals surface area contributed by atoms with Crippen LogP contribution in [0.4, 0.5) is 0 Å². The van der Waals surface area contributed by atoms with Gasteiger partial charge in [-0.3, -0.25) is 0 Å². The summed E-state index contributed by atoms with van der Waals surface area (Å²) in [6.07, 6.45) is 8.05. The topological polar surface area (TPSA) is 0 Å². The number of allylic oxidation sites excluding steroid dienone is 4. The summed E-state index contributed by atoms with van der Waals surface area (Å²) in [7, 11) is 0. The monoisotopic (exact) mass is 124 g/mol. The van der Waals surface area contributed by atoms with Crippen molar-refractivity contribution in [3.8, 4) is 0 Å². The minimum atomic E-state index is 0.373. The molecule has 1 aliphatic carbocycles. The van der Waals surface area contributed by atoms with Crippen LogP contribution in [-0.4, -0.2) is 0 Å². The first-order chi connectivity index (χ1) is 2.89. The molecule has 1 rings (SSSR count). The van der Waals surface area contributed by atoms with Gasteiger partial charge in [-0.05, 0) is 0 Å². The minimum absolute atomic E-state index is 0.373. The van der Waals surface area contributed by atoms with Crippen molar-refractivity contribution >= 4 is 0 Å². The first-order valence-corrected chi connectivity index (χ1v) is 2.46. The molecule has 0 aromatic rings. The number of hydrogen-bond acceptors (Lipinski definition) is 0. The van der Waals surface area contributed by atoms with Gasteiger partial charge in [0.15, 0.2) is 0 Å². The Morgan fingerprint density at radius 2 is 1.67 bits per heavy atom. The Balaban J connectivity index is 2.60. The first kappa shape index (κ1) is 4.15. The van der Waals surface area contributed by atoms with Gasteiger partial charge in [0.2, 0.25) is 0 Å². The van der Waals surface area contributed by atoms with Crippen molar-refractivity contribution in [2.24, 2.45) is 0 Å². The van der Waals surface area contributed by atoms with Crippen LogP contribution in [0.1, 0.15) is 0 Å². The van der Waals surface area contributed by atoms with Crippen LogP contribution < -0.4 is 0 Å². The Morgan fingerprint density at radius 3 is 1.83 bits per heavy atom. The van der Waals surface area contributed by atoms with E-state index in [9.17, 15) is 0 Å². The van der Waals surface area contributed by atoms with Gasteiger partial charge in [-0.25, -0.2) is 0 Å². The molecule has 0 nitrogen and oxygen atoms in total. The van der Waals surface area contributed by atoms with Gasteiger partial charge in [0.05, 0.1) is 0 Å². The molecule has 0 saturated carbocycles. The van der Waals surface area contributed by atoms with Crippen LogP contribution in [0.2, 0.25) is 4.85 Å². The van der Waals surface area contributed by atoms with Gasteiger partial charge < -0.3 is 0 Å². The van der Waals surface area contributed by atoms with Crippen LogP contribution in [0.5, 0.6) is 0 Å². The molecule has 0 aromatic carbocycles. The molecule has 6 heavy (non-hydrogen) atoms. The van der Waals surface area contributed by atoms with Crippen molar-refractivity contribution in [3.05, 3.63) is 24.3 Å². The van der Waals surface area contributed by atoms with Crippen molar-refractivity contribution < 1.29 is 15.7 Å². The Hall–Kier alpha value is -0.0135. The van der Waals surface area contributed by atoms with Crippen LogP contribution >= 0.6 is 0 Å². The molecule has 0 saturated heterocycles. The summed E-state index contributed by atoms with van der Waals surface area (Å²) in [6.45, 7) is 0. The van der Waals surface area contributed by atoms with Gasteiger partial charge in [-0.1, -0.05) is 0 Å². The van der Waals surface area contributed by atoms with Crippen LogP contribution in [0.15, 0.2) is 24.3 Å². The third-order valence-electron chi connectivity index (χ3n) is 0.684. The van der Waals surface area contributed by atoms with Crippen LogP contribution in [-0.2, 0) is 15.7 Å². The zero-order valence-electron chi connectivity index (χ0n) is 3.22. The van der Waals surface area contributed by atoms with Gasteiger partial charge >= 0.3 is 44.9 Å². The molecule has 32 valence electrons. The molecule has 1 aliphatic rings. The summed E-state index contributed by atoms with van der Waals surface area (Å²) in [4.78, 5) is 0.373. The fourth-order valence-electron chi connectivity index (χ4n) is 0.395. The summed E-state index contributed by atoms with van der Waals surface area (Å²) in [5.74, 6) is 0. The van der Waals surface area contributed by atoms with E-state index in [2.05, 4.69) is 15.7 Å². The molecule has 0 aliphatic heterocycles. The van der Waals surface area contributed by atoms with Gasteiger partial charge in [0.1, 0.15) is 0 Å². The number of hydrogen-bond donors (Lipinski definition) is 0. The van der Waals surface area contributed by atoms with E-state index in [1.807, 2.05) is 24.3 Å². The second-order valence-corrected chi connectivity index (χ2v) is 1.88. The van der Waals surface area contributed by atoms with Crippen LogP contribution in [0.25, 0.3) is 0 Å². The van der Waals surface area contributed by atoms with E-state index in [0.717, 1.165) is 0 Å². The molecule has 0 N–H and O–H groups in total. The molecule has 0 amide bonds. The average molecular weight is 124 g/mol. The quantitative estimate of drug-likeness (QED) is 0.458. The molecule has 0 fully saturated rings. The molecule has 0 atom stereocenters. The summed E-state index contributed by atoms with van der Waals surface area (Å²) in [6, 6.07) is 0. The van der Waals surface area contributed by atoms with Crippen LogP contribution in [0.3, 0.4) is 0 Å². The van der Waals surface area contributed by atoms with Gasteiger partial charge in [-0.2, -0.15) is 0 Å². The number of rotatable bonds is 0. The molecule has 0 bridgehead atoms. The van der Waals surface area contributed by atoms with Crippen molar-refractivity contribution in [1.29, 1.82) is 0 Å². The maximum atomic E-state index is 4.16. The van der Waals surface area contributed by atoms with Crippen molar-refractivity contribution in [3.63, 3.8) is 0 Å². The van der Waals surface area contributed by atoms with Gasteiger partial charge in [0.25, 0.3) is 0 Å². The second-order valence-electron chi connectivity index (χ2n) is 1.18. The van der Waals surface area contributed by atoms with E-state index in [-0.39, 0.29) is 0 Å². The fraction of sp³-hybridized carbons (Fsp3) is 0.200. The predicted molar refractivity (Wildman–Crippen MR) is 22.0 cm³/mol. The molecule has 1 heteroatoms. The summed E-state index contributed by atoms with van der Waals surface area (Å²) in [5, 5.41) is 0. The summed E-state index contributed by atoms with van der Waals surface area (Å²) < 4.78 is 0. The van der Waals surface area contributed by atoms with Crippen molar-refractivity contribution in [1.82, 2.24) is 0 Å². The standard InChI is InChI=1S/C5H5.Co/c1-2-4-5-3-1;/h1-5H;/q;+2. The van der Waals surface area contributed by atoms with E-state index in [0.29, 0.717) is 4.85 Å². The Morgan fingerprint density at radius 1 is 1.17 bits per heavy atom. The summed E-state index contributed by atoms with van der Waals surface area (Å²) >= 11 is 4.16. The summed E-state index contributed by atoms with van der Waals surface area (Å²) in [5.41, 5.74) is 0. The van der Waals surface area contributed by atoms with E-state index in [1.165, 1.54) is 0 Å². The molecule has 0 aromatic heterocycles. The molecule has 0 unspecified atom stereocenters. The van der Waals surface area contributed by atoms with Gasteiger partial charge in [-0.15, -0.1) is 0 Å². The van der Waals surface area contributed by atoms with Gasteiger partial charge in [0, 0.05) is 0 Å². The Kier molecular flexibility index (Phi) is 1.12. The molecule has 0 spiro atoms. The average Bonchev–Trinajstić information content (AvgIpc) is 1.86. The predicted octanol–water partition coefficient (Wildman–Crippen LogP) is 1.45. The third-order valence-corrected chi connectivity index (χ3v) is 1.08. The van der Waals surface area contributed by atoms with E-state index in [1.54, 1.807) is 0 Å². The molecular formula is C5H5Co+2. The SMILES string of the molecule is [Co+2][CH]1C=CC=C1. The maximum absolute atomic E-state index is 4.16. The van der Waals surface area contributed by atoms with E-state index in [4.69, 9.17) is 0 Å². The van der Waals surface area contributed by atoms with E-state index >= 15 is 0 Å². The molecule has 0 radical (unpaired) electrons. The first-order valence-electron chi connectivity index (χ1n) is 1.86. The Labute approximate surface area is 45.5 Å². The van der Waals surface area contributed by atoms with E-state index < -0.39 is 0 Å². The zero-order valence-corrected chi connectivity index (χ0v) is 4.26. The Bertz CT molecular complexity index is 80.1.